The molecule has 0 aliphatic carbocycles. The van der Waals surface area contributed by atoms with Crippen molar-refractivity contribution < 1.29 is 14.6 Å². The average molecular weight is 367 g/mol. The highest BCUT2D eigenvalue weighted by molar-refractivity contribution is 5.91. The minimum atomic E-state index is -0.437. The van der Waals surface area contributed by atoms with Gasteiger partial charge in [-0.25, -0.2) is 10.2 Å². The van der Waals surface area contributed by atoms with E-state index in [0.717, 1.165) is 16.8 Å². The van der Waals surface area contributed by atoms with Gasteiger partial charge in [0.05, 0.1) is 12.8 Å². The molecular weight excluding hydrogens is 342 g/mol. The maximum atomic E-state index is 12.0. The van der Waals surface area contributed by atoms with Gasteiger partial charge in [0, 0.05) is 11.3 Å². The molecule has 6 nitrogen and oxygen atoms in total. The van der Waals surface area contributed by atoms with E-state index in [2.05, 4.69) is 22.4 Å². The van der Waals surface area contributed by atoms with Crippen molar-refractivity contribution in [1.82, 2.24) is 5.43 Å². The molecule has 2 amide bonds. The highest BCUT2D eigenvalue weighted by Gasteiger charge is 2.10. The molecule has 142 valence electrons. The van der Waals surface area contributed by atoms with Crippen LogP contribution in [0.4, 0.5) is 10.5 Å². The number of urea groups is 1. The van der Waals surface area contributed by atoms with Gasteiger partial charge in [-0.15, -0.1) is 6.58 Å². The van der Waals surface area contributed by atoms with Gasteiger partial charge in [-0.05, 0) is 56.5 Å². The Balaban J connectivity index is 2.08. The number of carbonyl (C=O) groups excluding carboxylic acids is 1. The Morgan fingerprint density at radius 2 is 2.07 bits per heavy atom. The predicted octanol–water partition coefficient (Wildman–Crippen LogP) is 4.29. The normalized spacial score (nSPS) is 10.6. The van der Waals surface area contributed by atoms with Gasteiger partial charge in [0.2, 0.25) is 0 Å². The van der Waals surface area contributed by atoms with Crippen LogP contribution in [0.3, 0.4) is 0 Å². The summed E-state index contributed by atoms with van der Waals surface area (Å²) in [5.41, 5.74) is 6.64. The van der Waals surface area contributed by atoms with Crippen molar-refractivity contribution >= 4 is 17.9 Å². The molecule has 0 spiro atoms. The van der Waals surface area contributed by atoms with E-state index in [9.17, 15) is 9.90 Å². The van der Waals surface area contributed by atoms with Crippen molar-refractivity contribution in [2.75, 3.05) is 11.9 Å². The number of carbonyl (C=O) groups is 1. The van der Waals surface area contributed by atoms with E-state index in [-0.39, 0.29) is 5.75 Å². The molecule has 0 unspecified atom stereocenters. The second-order valence-corrected chi connectivity index (χ2v) is 6.10. The molecule has 2 rings (SSSR count). The van der Waals surface area contributed by atoms with Crippen LogP contribution in [0.1, 0.15) is 29.2 Å². The van der Waals surface area contributed by atoms with Gasteiger partial charge >= 0.3 is 6.03 Å². The maximum Gasteiger partial charge on any atom is 0.339 e. The Morgan fingerprint density at radius 3 is 2.74 bits per heavy atom. The number of hydrogen-bond acceptors (Lipinski definition) is 4. The summed E-state index contributed by atoms with van der Waals surface area (Å²) < 4.78 is 5.45. The Hall–Kier alpha value is -3.28. The zero-order chi connectivity index (χ0) is 19.8. The number of aromatic hydroxyl groups is 1. The summed E-state index contributed by atoms with van der Waals surface area (Å²) in [6.45, 7) is 9.88. The number of benzene rings is 2. The minimum absolute atomic E-state index is 0.0921. The lowest BCUT2D eigenvalue weighted by Crippen LogP contribution is -2.24. The molecule has 0 aliphatic heterocycles. The highest BCUT2D eigenvalue weighted by atomic mass is 16.5. The van der Waals surface area contributed by atoms with Gasteiger partial charge in [0.1, 0.15) is 0 Å². The molecule has 2 aromatic rings. The van der Waals surface area contributed by atoms with Gasteiger partial charge in [-0.1, -0.05) is 23.8 Å². The fraction of sp³-hybridized carbons (Fsp3) is 0.238. The summed E-state index contributed by atoms with van der Waals surface area (Å²) in [6, 6.07) is 8.77. The van der Waals surface area contributed by atoms with E-state index >= 15 is 0 Å². The first kappa shape index (κ1) is 20.0. The van der Waals surface area contributed by atoms with E-state index in [4.69, 9.17) is 4.74 Å². The van der Waals surface area contributed by atoms with Crippen molar-refractivity contribution in [2.24, 2.45) is 5.10 Å². The largest absolute Gasteiger partial charge is 0.504 e. The van der Waals surface area contributed by atoms with Crippen molar-refractivity contribution in [3.63, 3.8) is 0 Å². The quantitative estimate of drug-likeness (QED) is 0.388. The highest BCUT2D eigenvalue weighted by Crippen LogP contribution is 2.31. The molecule has 0 aromatic heterocycles. The van der Waals surface area contributed by atoms with Crippen molar-refractivity contribution in [1.29, 1.82) is 0 Å². The molecule has 0 aliphatic rings. The van der Waals surface area contributed by atoms with Gasteiger partial charge in [-0.2, -0.15) is 5.10 Å². The molecule has 0 heterocycles. The SMILES string of the molecule is C=CCc1cc(C=NNC(=O)Nc2ccc(C)cc2C)cc(OCC)c1O. The zero-order valence-electron chi connectivity index (χ0n) is 15.9. The van der Waals surface area contributed by atoms with E-state index in [0.29, 0.717) is 29.9 Å². The third-order valence-corrected chi connectivity index (χ3v) is 3.85. The Morgan fingerprint density at radius 1 is 1.30 bits per heavy atom. The lowest BCUT2D eigenvalue weighted by molar-refractivity contribution is 0.252. The van der Waals surface area contributed by atoms with Crippen molar-refractivity contribution in [2.45, 2.75) is 27.2 Å². The number of hydrazone groups is 1. The van der Waals surface area contributed by atoms with Crippen LogP contribution < -0.4 is 15.5 Å². The van der Waals surface area contributed by atoms with Gasteiger partial charge < -0.3 is 15.2 Å². The summed E-state index contributed by atoms with van der Waals surface area (Å²) in [5.74, 6) is 0.465. The Labute approximate surface area is 159 Å². The standard InChI is InChI=1S/C21H25N3O3/c1-5-7-17-11-16(12-19(20(17)25)27-6-2)13-22-24-21(26)23-18-9-8-14(3)10-15(18)4/h5,8-13,25H,1,6-7H2,2-4H3,(H2,23,24,26). The number of ether oxygens (including phenoxy) is 1. The van der Waals surface area contributed by atoms with Crippen LogP contribution in [-0.4, -0.2) is 24.0 Å². The van der Waals surface area contributed by atoms with Crippen LogP contribution in [0.25, 0.3) is 0 Å². The zero-order valence-corrected chi connectivity index (χ0v) is 15.9. The molecule has 6 heteroatoms. The smallest absolute Gasteiger partial charge is 0.339 e. The number of allylic oxidation sites excluding steroid dienone is 1. The third kappa shape index (κ3) is 5.60. The number of aryl methyl sites for hydroxylation is 2. The van der Waals surface area contributed by atoms with E-state index < -0.39 is 6.03 Å². The molecule has 3 N–H and O–H groups in total. The second-order valence-electron chi connectivity index (χ2n) is 6.10. The molecule has 0 atom stereocenters. The second kappa shape index (κ2) is 9.43. The summed E-state index contributed by atoms with van der Waals surface area (Å²) in [5, 5.41) is 16.9. The molecule has 0 saturated heterocycles. The van der Waals surface area contributed by atoms with Crippen LogP contribution in [0.2, 0.25) is 0 Å². The number of nitrogens with zero attached hydrogens (tertiary/aromatic N) is 1. The molecule has 0 bridgehead atoms. The van der Waals surface area contributed by atoms with E-state index in [1.165, 1.54) is 6.21 Å². The van der Waals surface area contributed by atoms with Crippen LogP contribution >= 0.6 is 0 Å². The molecule has 0 saturated carbocycles. The predicted molar refractivity (Wildman–Crippen MR) is 109 cm³/mol. The number of nitrogens with one attached hydrogen (secondary N) is 2. The van der Waals surface area contributed by atoms with E-state index in [1.807, 2.05) is 39.0 Å². The van der Waals surface area contributed by atoms with Crippen molar-refractivity contribution in [3.8, 4) is 11.5 Å². The van der Waals surface area contributed by atoms with Gasteiger partial charge in [0.25, 0.3) is 0 Å². The first-order valence-corrected chi connectivity index (χ1v) is 8.71. The van der Waals surface area contributed by atoms with Crippen LogP contribution in [0, 0.1) is 13.8 Å². The average Bonchev–Trinajstić information content (AvgIpc) is 2.61. The number of phenols is 1. The summed E-state index contributed by atoms with van der Waals surface area (Å²) in [4.78, 5) is 12.0. The maximum absolute atomic E-state index is 12.0. The Kier molecular flexibility index (Phi) is 7.00. The monoisotopic (exact) mass is 367 g/mol. The van der Waals surface area contributed by atoms with Crippen LogP contribution in [0.5, 0.6) is 11.5 Å². The molecule has 0 radical (unpaired) electrons. The van der Waals surface area contributed by atoms with Gasteiger partial charge in [0.15, 0.2) is 11.5 Å². The first-order valence-electron chi connectivity index (χ1n) is 8.71. The number of amides is 2. The third-order valence-electron chi connectivity index (χ3n) is 3.85. The topological polar surface area (TPSA) is 83.0 Å². The van der Waals surface area contributed by atoms with Gasteiger partial charge in [-0.3, -0.25) is 0 Å². The Bertz CT molecular complexity index is 860. The summed E-state index contributed by atoms with van der Waals surface area (Å²) >= 11 is 0. The number of phenolic OH excluding ortho intramolecular Hbond substituents is 1. The fourth-order valence-electron chi connectivity index (χ4n) is 2.61. The fourth-order valence-corrected chi connectivity index (χ4v) is 2.61. The summed E-state index contributed by atoms with van der Waals surface area (Å²) in [7, 11) is 0. The van der Waals surface area contributed by atoms with Crippen LogP contribution in [-0.2, 0) is 6.42 Å². The lowest BCUT2D eigenvalue weighted by Gasteiger charge is -2.11. The molecule has 0 fully saturated rings. The molecular formula is C21H25N3O3. The first-order chi connectivity index (χ1) is 12.9. The number of hydrogen-bond donors (Lipinski definition) is 3. The minimum Gasteiger partial charge on any atom is -0.504 e. The number of rotatable bonds is 7. The molecule has 2 aromatic carbocycles. The van der Waals surface area contributed by atoms with Crippen LogP contribution in [0.15, 0.2) is 48.1 Å². The van der Waals surface area contributed by atoms with Crippen molar-refractivity contribution in [3.05, 3.63) is 65.2 Å². The van der Waals surface area contributed by atoms with E-state index in [1.54, 1.807) is 18.2 Å². The lowest BCUT2D eigenvalue weighted by atomic mass is 10.1. The summed E-state index contributed by atoms with van der Waals surface area (Å²) in [6.07, 6.45) is 3.69. The number of anilines is 1. The molecule has 27 heavy (non-hydrogen) atoms.